The first-order valence-corrected chi connectivity index (χ1v) is 14.8. The normalized spacial score (nSPS) is 16.8. The van der Waals surface area contributed by atoms with Crippen LogP contribution in [-0.2, 0) is 10.0 Å². The summed E-state index contributed by atoms with van der Waals surface area (Å²) in [6.07, 6.45) is 4.71. The number of ether oxygens (including phenoxy) is 1. The predicted molar refractivity (Wildman–Crippen MR) is 151 cm³/mol. The van der Waals surface area contributed by atoms with Crippen LogP contribution in [0.5, 0.6) is 5.75 Å². The molecule has 0 bridgehead atoms. The van der Waals surface area contributed by atoms with Gasteiger partial charge in [-0.15, -0.1) is 11.3 Å². The fourth-order valence-corrected chi connectivity index (χ4v) is 6.35. The van der Waals surface area contributed by atoms with Crippen LogP contribution in [0, 0.1) is 0 Å². The number of hydrogen-bond donors (Lipinski definition) is 1. The Morgan fingerprint density at radius 3 is 2.49 bits per heavy atom. The van der Waals surface area contributed by atoms with E-state index in [0.29, 0.717) is 40.9 Å². The Hall–Kier alpha value is -4.08. The molecule has 196 valence electrons. The molecule has 0 unspecified atom stereocenters. The van der Waals surface area contributed by atoms with Crippen LogP contribution in [0.2, 0.25) is 0 Å². The van der Waals surface area contributed by atoms with E-state index >= 15 is 0 Å². The fraction of sp³-hybridized carbons (Fsp3) is 0.167. The topological polar surface area (TPSA) is 102 Å². The Balaban J connectivity index is 1.24. The van der Waals surface area contributed by atoms with Crippen molar-refractivity contribution in [1.29, 1.82) is 0 Å². The largest absolute Gasteiger partial charge is 0.488 e. The highest BCUT2D eigenvalue weighted by atomic mass is 32.2. The van der Waals surface area contributed by atoms with Gasteiger partial charge in [0.05, 0.1) is 20.7 Å². The summed E-state index contributed by atoms with van der Waals surface area (Å²) in [6.45, 7) is 1.75. The van der Waals surface area contributed by atoms with Gasteiger partial charge in [0.25, 0.3) is 5.91 Å². The number of fused-ring (bicyclic) bond motifs is 1. The summed E-state index contributed by atoms with van der Waals surface area (Å²) >= 11 is 1.57. The van der Waals surface area contributed by atoms with E-state index in [1.807, 2.05) is 36.5 Å². The molecule has 0 spiro atoms. The molecule has 1 aromatic heterocycles. The first kappa shape index (κ1) is 25.2. The standard InChI is InChI=1S/C30H24N2O5S2/c1-30(12-13-30)39(35,36)32-29(34)24-5-3-2-4-23(24)21-10-11-25-26(15-21)37-17-22(28(25)33)14-19-6-8-20(9-7-19)27-16-31-18-38-27/h2-11,14-16,18H,12-13,17H2,1H3,(H,32,34)/b22-14+. The van der Waals surface area contributed by atoms with Crippen LogP contribution >= 0.6 is 11.3 Å². The van der Waals surface area contributed by atoms with Gasteiger partial charge in [0.2, 0.25) is 10.0 Å². The third-order valence-corrected chi connectivity index (χ3v) is 10.2. The molecule has 1 amide bonds. The molecule has 0 saturated heterocycles. The maximum absolute atomic E-state index is 13.3. The number of carbonyl (C=O) groups excluding carboxylic acids is 2. The Bertz CT molecular complexity index is 1740. The minimum absolute atomic E-state index is 0.116. The molecule has 4 aromatic rings. The quantitative estimate of drug-likeness (QED) is 0.304. The first-order valence-electron chi connectivity index (χ1n) is 12.4. The van der Waals surface area contributed by atoms with E-state index < -0.39 is 20.7 Å². The van der Waals surface area contributed by atoms with E-state index in [1.165, 1.54) is 0 Å². The number of sulfonamides is 1. The van der Waals surface area contributed by atoms with Gasteiger partial charge in [0.1, 0.15) is 12.4 Å². The zero-order valence-electron chi connectivity index (χ0n) is 21.0. The number of carbonyl (C=O) groups is 2. The summed E-state index contributed by atoms with van der Waals surface area (Å²) < 4.78 is 32.5. The van der Waals surface area contributed by atoms with Crippen LogP contribution in [-0.4, -0.2) is 36.4 Å². The number of amides is 1. The molecule has 3 aromatic carbocycles. The number of thiazole rings is 1. The highest BCUT2D eigenvalue weighted by molar-refractivity contribution is 7.91. The highest BCUT2D eigenvalue weighted by Crippen LogP contribution is 2.42. The molecule has 1 fully saturated rings. The molecule has 1 saturated carbocycles. The van der Waals surface area contributed by atoms with Crippen LogP contribution in [0.3, 0.4) is 0 Å². The molecule has 9 heteroatoms. The summed E-state index contributed by atoms with van der Waals surface area (Å²) in [5, 5.41) is 0. The number of Topliss-reactive ketones (excluding diaryl/α,β-unsaturated/α-hetero) is 1. The monoisotopic (exact) mass is 556 g/mol. The lowest BCUT2D eigenvalue weighted by Crippen LogP contribution is -2.38. The number of aromatic nitrogens is 1. The lowest BCUT2D eigenvalue weighted by Gasteiger charge is -2.20. The van der Waals surface area contributed by atoms with Gasteiger partial charge in [-0.05, 0) is 66.3 Å². The van der Waals surface area contributed by atoms with Crippen molar-refractivity contribution in [2.75, 3.05) is 6.61 Å². The van der Waals surface area contributed by atoms with Gasteiger partial charge in [-0.25, -0.2) is 13.1 Å². The molecule has 39 heavy (non-hydrogen) atoms. The minimum atomic E-state index is -3.78. The van der Waals surface area contributed by atoms with Crippen LogP contribution in [0.4, 0.5) is 0 Å². The molecule has 1 aliphatic heterocycles. The van der Waals surface area contributed by atoms with Crippen molar-refractivity contribution >= 4 is 39.1 Å². The summed E-state index contributed by atoms with van der Waals surface area (Å²) in [4.78, 5) is 31.4. The van der Waals surface area contributed by atoms with Crippen molar-refractivity contribution in [3.63, 3.8) is 0 Å². The zero-order chi connectivity index (χ0) is 27.2. The maximum Gasteiger partial charge on any atom is 0.265 e. The summed E-state index contributed by atoms with van der Waals surface area (Å²) in [6, 6.07) is 19.8. The summed E-state index contributed by atoms with van der Waals surface area (Å²) in [5.74, 6) is -0.382. The van der Waals surface area contributed by atoms with Gasteiger partial charge < -0.3 is 4.74 Å². The average molecular weight is 557 g/mol. The number of rotatable bonds is 6. The molecular weight excluding hydrogens is 532 g/mol. The van der Waals surface area contributed by atoms with Crippen LogP contribution in [0.1, 0.15) is 46.0 Å². The van der Waals surface area contributed by atoms with Crippen molar-refractivity contribution in [1.82, 2.24) is 9.71 Å². The van der Waals surface area contributed by atoms with Crippen LogP contribution in [0.15, 0.2) is 84.0 Å². The zero-order valence-corrected chi connectivity index (χ0v) is 22.6. The second-order valence-electron chi connectivity index (χ2n) is 9.92. The summed E-state index contributed by atoms with van der Waals surface area (Å²) in [5.41, 5.74) is 6.15. The first-order chi connectivity index (χ1) is 18.7. The lowest BCUT2D eigenvalue weighted by atomic mass is 9.93. The molecular formula is C30H24N2O5S2. The van der Waals surface area contributed by atoms with Crippen LogP contribution in [0.25, 0.3) is 27.6 Å². The second-order valence-corrected chi connectivity index (χ2v) is 13.0. The van der Waals surface area contributed by atoms with E-state index in [2.05, 4.69) is 9.71 Å². The number of benzene rings is 3. The molecule has 1 N–H and O–H groups in total. The molecule has 0 radical (unpaired) electrons. The van der Waals surface area contributed by atoms with Gasteiger partial charge >= 0.3 is 0 Å². The number of hydrogen-bond acceptors (Lipinski definition) is 7. The molecule has 2 heterocycles. The predicted octanol–water partition coefficient (Wildman–Crippen LogP) is 5.75. The van der Waals surface area contributed by atoms with Gasteiger partial charge in [-0.3, -0.25) is 14.6 Å². The third kappa shape index (κ3) is 4.79. The van der Waals surface area contributed by atoms with Crippen molar-refractivity contribution in [2.24, 2.45) is 0 Å². The van der Waals surface area contributed by atoms with Crippen LogP contribution < -0.4 is 9.46 Å². The fourth-order valence-electron chi connectivity index (χ4n) is 4.48. The second kappa shape index (κ2) is 9.59. The van der Waals surface area contributed by atoms with Gasteiger partial charge in [-0.2, -0.15) is 0 Å². The molecule has 2 aliphatic rings. The Kier molecular flexibility index (Phi) is 6.20. The van der Waals surface area contributed by atoms with Crippen molar-refractivity contribution < 1.29 is 22.7 Å². The van der Waals surface area contributed by atoms with Crippen molar-refractivity contribution in [3.8, 4) is 27.3 Å². The molecule has 0 atom stereocenters. The van der Waals surface area contributed by atoms with E-state index in [0.717, 1.165) is 16.0 Å². The Morgan fingerprint density at radius 2 is 1.77 bits per heavy atom. The number of nitrogens with one attached hydrogen (secondary N) is 1. The lowest BCUT2D eigenvalue weighted by molar-refractivity contribution is 0.0978. The van der Waals surface area contributed by atoms with Crippen molar-refractivity contribution in [3.05, 3.63) is 101 Å². The third-order valence-electron chi connectivity index (χ3n) is 7.18. The maximum atomic E-state index is 13.3. The van der Waals surface area contributed by atoms with Gasteiger partial charge in [0.15, 0.2) is 5.78 Å². The van der Waals surface area contributed by atoms with Gasteiger partial charge in [0, 0.05) is 17.3 Å². The molecule has 1 aliphatic carbocycles. The number of ketones is 1. The van der Waals surface area contributed by atoms with E-state index in [-0.39, 0.29) is 18.0 Å². The molecule has 7 nitrogen and oxygen atoms in total. The van der Waals surface area contributed by atoms with E-state index in [1.54, 1.807) is 66.2 Å². The average Bonchev–Trinajstić information content (AvgIpc) is 3.48. The van der Waals surface area contributed by atoms with Gasteiger partial charge in [-0.1, -0.05) is 48.5 Å². The highest BCUT2D eigenvalue weighted by Gasteiger charge is 2.51. The van der Waals surface area contributed by atoms with Crippen molar-refractivity contribution in [2.45, 2.75) is 24.5 Å². The minimum Gasteiger partial charge on any atom is -0.488 e. The van der Waals surface area contributed by atoms with E-state index in [4.69, 9.17) is 4.74 Å². The Labute approximate surface area is 230 Å². The summed E-state index contributed by atoms with van der Waals surface area (Å²) in [7, 11) is -3.78. The molecule has 6 rings (SSSR count). The number of nitrogens with zero attached hydrogens (tertiary/aromatic N) is 1. The smallest absolute Gasteiger partial charge is 0.265 e. The van der Waals surface area contributed by atoms with E-state index in [9.17, 15) is 18.0 Å². The SMILES string of the molecule is CC1(S(=O)(=O)NC(=O)c2ccccc2-c2ccc3c(c2)OC/C(=C\c2ccc(-c4cncs4)cc2)C3=O)CC1. The Morgan fingerprint density at radius 1 is 1.03 bits per heavy atom.